The van der Waals surface area contributed by atoms with E-state index in [9.17, 15) is 0 Å². The topological polar surface area (TPSA) is 56.5 Å². The fraction of sp³-hybridized carbons (Fsp3) is 0.0566. The van der Waals surface area contributed by atoms with Crippen molar-refractivity contribution >= 4 is 54.1 Å². The molecular weight excluding hydrogens is 707 g/mol. The summed E-state index contributed by atoms with van der Waals surface area (Å²) >= 11 is 0. The highest BCUT2D eigenvalue weighted by Crippen LogP contribution is 2.51. The van der Waals surface area contributed by atoms with Gasteiger partial charge >= 0.3 is 0 Å². The summed E-state index contributed by atoms with van der Waals surface area (Å²) in [5.41, 5.74) is 12.7. The third-order valence-corrected chi connectivity index (χ3v) is 12.4. The lowest BCUT2D eigenvalue weighted by molar-refractivity contribution is 0.661. The lowest BCUT2D eigenvalue weighted by atomic mass is 9.82. The predicted octanol–water partition coefficient (Wildman–Crippen LogP) is 13.1. The fourth-order valence-electron chi connectivity index (χ4n) is 9.65. The molecule has 272 valence electrons. The third-order valence-electron chi connectivity index (χ3n) is 12.4. The third kappa shape index (κ3) is 4.77. The molecule has 0 amide bonds. The van der Waals surface area contributed by atoms with E-state index >= 15 is 0 Å². The molecule has 8 aromatic carbocycles. The maximum absolute atomic E-state index is 4.61. The van der Waals surface area contributed by atoms with Crippen LogP contribution in [0.1, 0.15) is 25.0 Å². The Morgan fingerprint density at radius 3 is 1.57 bits per heavy atom. The van der Waals surface area contributed by atoms with Crippen molar-refractivity contribution in [2.75, 3.05) is 0 Å². The normalized spacial score (nSPS) is 13.1. The highest BCUT2D eigenvalue weighted by Gasteiger charge is 2.36. The van der Waals surface area contributed by atoms with Crippen molar-refractivity contribution in [3.05, 3.63) is 188 Å². The summed E-state index contributed by atoms with van der Waals surface area (Å²) < 4.78 is 2.48. The van der Waals surface area contributed by atoms with E-state index in [1.165, 1.54) is 70.9 Å². The molecule has 58 heavy (non-hydrogen) atoms. The Morgan fingerprint density at radius 2 is 0.914 bits per heavy atom. The minimum absolute atomic E-state index is 0.138. The van der Waals surface area contributed by atoms with E-state index in [0.717, 1.165) is 33.5 Å². The average Bonchev–Trinajstić information content (AvgIpc) is 3.73. The van der Waals surface area contributed by atoms with Gasteiger partial charge in [0, 0.05) is 57.8 Å². The highest BCUT2D eigenvalue weighted by molar-refractivity contribution is 6.25. The second-order valence-electron chi connectivity index (χ2n) is 15.9. The molecule has 0 aliphatic heterocycles. The van der Waals surface area contributed by atoms with Crippen molar-refractivity contribution < 1.29 is 0 Å². The van der Waals surface area contributed by atoms with Crippen LogP contribution >= 0.6 is 0 Å². The molecule has 3 aromatic heterocycles. The van der Waals surface area contributed by atoms with Gasteiger partial charge in [0.2, 0.25) is 0 Å². The quantitative estimate of drug-likeness (QED) is 0.169. The van der Waals surface area contributed by atoms with Gasteiger partial charge in [0.1, 0.15) is 0 Å². The van der Waals surface area contributed by atoms with Crippen LogP contribution < -0.4 is 0 Å². The summed E-state index contributed by atoms with van der Waals surface area (Å²) in [5, 5.41) is 10.0. The van der Waals surface area contributed by atoms with Crippen LogP contribution in [0, 0.1) is 0 Å². The molecule has 0 saturated heterocycles. The van der Waals surface area contributed by atoms with E-state index in [1.54, 1.807) is 24.8 Å². The van der Waals surface area contributed by atoms with Crippen molar-refractivity contribution in [2.45, 2.75) is 19.3 Å². The van der Waals surface area contributed by atoms with Crippen molar-refractivity contribution in [2.24, 2.45) is 0 Å². The van der Waals surface area contributed by atoms with Gasteiger partial charge in [0.25, 0.3) is 0 Å². The Kier molecular flexibility index (Phi) is 6.91. The summed E-state index contributed by atoms with van der Waals surface area (Å²) in [4.78, 5) is 18.4. The maximum atomic E-state index is 4.61. The Balaban J connectivity index is 1.15. The molecule has 0 unspecified atom stereocenters. The molecular formula is C53H35N5. The van der Waals surface area contributed by atoms with Gasteiger partial charge in [-0.15, -0.1) is 0 Å². The van der Waals surface area contributed by atoms with Crippen LogP contribution in [-0.2, 0) is 5.41 Å². The summed E-state index contributed by atoms with van der Waals surface area (Å²) in [7, 11) is 0. The number of hydrogen-bond donors (Lipinski definition) is 0. The lowest BCUT2D eigenvalue weighted by Crippen LogP contribution is -2.14. The molecule has 5 nitrogen and oxygen atoms in total. The zero-order chi connectivity index (χ0) is 38.5. The van der Waals surface area contributed by atoms with E-state index < -0.39 is 0 Å². The summed E-state index contributed by atoms with van der Waals surface area (Å²) in [6.07, 6.45) is 7.13. The molecule has 0 spiro atoms. The van der Waals surface area contributed by atoms with Gasteiger partial charge in [-0.3, -0.25) is 0 Å². The van der Waals surface area contributed by atoms with Gasteiger partial charge < -0.3 is 4.57 Å². The molecule has 0 fully saturated rings. The number of aromatic nitrogens is 5. The van der Waals surface area contributed by atoms with Gasteiger partial charge in [-0.1, -0.05) is 98.8 Å². The van der Waals surface area contributed by atoms with E-state index in [-0.39, 0.29) is 5.41 Å². The van der Waals surface area contributed by atoms with Gasteiger partial charge in [-0.05, 0) is 132 Å². The summed E-state index contributed by atoms with van der Waals surface area (Å²) in [5.74, 6) is 1.32. The molecule has 5 heteroatoms. The van der Waals surface area contributed by atoms with Gasteiger partial charge in [-0.2, -0.15) is 0 Å². The van der Waals surface area contributed by atoms with Crippen LogP contribution in [0.5, 0.6) is 0 Å². The molecule has 0 N–H and O–H groups in total. The zero-order valence-corrected chi connectivity index (χ0v) is 32.0. The van der Waals surface area contributed by atoms with Gasteiger partial charge in [0.15, 0.2) is 11.6 Å². The Bertz CT molecular complexity index is 3380. The average molecular weight is 742 g/mol. The fourth-order valence-corrected chi connectivity index (χ4v) is 9.65. The van der Waals surface area contributed by atoms with Crippen LogP contribution in [0.25, 0.3) is 105 Å². The van der Waals surface area contributed by atoms with E-state index in [4.69, 9.17) is 0 Å². The minimum atomic E-state index is -0.138. The molecule has 0 atom stereocenters. The smallest absolute Gasteiger partial charge is 0.159 e. The SMILES string of the molecule is CC1(C)c2ccccc2-c2cc3c4cc(-c5cc(-c6ncccn6)cc(-c6ncccn6)c5)ccc4n(-c4ccc5c6ccccc6c6ccccc6c5c4)c3cc21. The largest absolute Gasteiger partial charge is 0.309 e. The lowest BCUT2D eigenvalue weighted by Gasteiger charge is -2.21. The van der Waals surface area contributed by atoms with Gasteiger partial charge in [-0.25, -0.2) is 19.9 Å². The van der Waals surface area contributed by atoms with E-state index in [1.807, 2.05) is 12.1 Å². The maximum Gasteiger partial charge on any atom is 0.159 e. The summed E-state index contributed by atoms with van der Waals surface area (Å²) in [6.45, 7) is 4.72. The van der Waals surface area contributed by atoms with Crippen LogP contribution in [0.4, 0.5) is 0 Å². The first-order chi connectivity index (χ1) is 28.5. The number of hydrogen-bond acceptors (Lipinski definition) is 4. The Morgan fingerprint density at radius 1 is 0.362 bits per heavy atom. The second-order valence-corrected chi connectivity index (χ2v) is 15.9. The first-order valence-electron chi connectivity index (χ1n) is 19.8. The van der Waals surface area contributed by atoms with Crippen molar-refractivity contribution in [1.82, 2.24) is 24.5 Å². The number of fused-ring (bicyclic) bond motifs is 12. The van der Waals surface area contributed by atoms with Crippen molar-refractivity contribution in [3.63, 3.8) is 0 Å². The molecule has 1 aliphatic rings. The van der Waals surface area contributed by atoms with Crippen molar-refractivity contribution in [3.8, 4) is 50.7 Å². The van der Waals surface area contributed by atoms with Crippen LogP contribution in [0.2, 0.25) is 0 Å². The van der Waals surface area contributed by atoms with Gasteiger partial charge in [0.05, 0.1) is 11.0 Å². The molecule has 1 aliphatic carbocycles. The summed E-state index contributed by atoms with van der Waals surface area (Å²) in [6, 6.07) is 55.5. The first-order valence-corrected chi connectivity index (χ1v) is 19.8. The molecule has 12 rings (SSSR count). The Hall–Kier alpha value is -7.50. The van der Waals surface area contributed by atoms with Crippen molar-refractivity contribution in [1.29, 1.82) is 0 Å². The molecule has 0 saturated carbocycles. The number of rotatable bonds is 4. The van der Waals surface area contributed by atoms with Crippen LogP contribution in [-0.4, -0.2) is 24.5 Å². The van der Waals surface area contributed by atoms with Crippen LogP contribution in [0.15, 0.2) is 176 Å². The van der Waals surface area contributed by atoms with E-state index in [2.05, 4.69) is 178 Å². The number of nitrogens with zero attached hydrogens (tertiary/aromatic N) is 5. The Labute approximate surface area is 335 Å². The standard InChI is InChI=1S/C53H35N5/c1-53(2)47-16-8-7-15-42(47)44-30-46-45-28-32(33-25-34(51-54-21-9-22-55-51)27-35(26-33)52-56-23-10-24-57-52)17-20-49(45)58(50(46)31-48(44)53)36-18-19-41-39-13-4-3-11-37(39)38-12-5-6-14-40(38)43(41)29-36/h3-31H,1-2H3. The first kappa shape index (κ1) is 32.7. The predicted molar refractivity (Wildman–Crippen MR) is 238 cm³/mol. The molecule has 3 heterocycles. The van der Waals surface area contributed by atoms with E-state index in [0.29, 0.717) is 11.6 Å². The molecule has 0 radical (unpaired) electrons. The number of benzene rings is 8. The highest BCUT2D eigenvalue weighted by atomic mass is 15.0. The second kappa shape index (κ2) is 12.2. The monoisotopic (exact) mass is 741 g/mol. The minimum Gasteiger partial charge on any atom is -0.309 e. The molecule has 0 bridgehead atoms. The van der Waals surface area contributed by atoms with Crippen LogP contribution in [0.3, 0.4) is 0 Å². The zero-order valence-electron chi connectivity index (χ0n) is 32.0. The molecule has 11 aromatic rings.